The van der Waals surface area contributed by atoms with Crippen molar-refractivity contribution in [3.8, 4) is 34.1 Å². The van der Waals surface area contributed by atoms with Crippen LogP contribution in [0.3, 0.4) is 0 Å². The summed E-state index contributed by atoms with van der Waals surface area (Å²) in [6, 6.07) is 14.7. The van der Waals surface area contributed by atoms with E-state index in [1.807, 2.05) is 42.5 Å². The summed E-state index contributed by atoms with van der Waals surface area (Å²) in [5.74, 6) is 1.69. The minimum Gasteiger partial charge on any atom is -0.496 e. The van der Waals surface area contributed by atoms with Crippen LogP contribution in [0.5, 0.6) is 23.0 Å². The topological polar surface area (TPSA) is 127 Å². The number of nitrogens with one attached hydrogen (secondary N) is 1. The second-order valence-electron chi connectivity index (χ2n) is 12.9. The molecule has 2 aromatic heterocycles. The van der Waals surface area contributed by atoms with E-state index in [-0.39, 0.29) is 36.0 Å². The molecule has 1 saturated heterocycles. The summed E-state index contributed by atoms with van der Waals surface area (Å²) in [6.07, 6.45) is 6.11. The van der Waals surface area contributed by atoms with Crippen LogP contribution in [0.4, 0.5) is 10.1 Å². The molecule has 14 heteroatoms. The summed E-state index contributed by atoms with van der Waals surface area (Å²) >= 11 is 0. The molecule has 0 atom stereocenters. The molecule has 0 aliphatic carbocycles. The van der Waals surface area contributed by atoms with E-state index in [2.05, 4.69) is 20.2 Å². The number of piperazine rings is 1. The van der Waals surface area contributed by atoms with Crippen molar-refractivity contribution in [3.05, 3.63) is 84.1 Å². The number of methoxy groups -OCH3 is 4. The van der Waals surface area contributed by atoms with Gasteiger partial charge in [-0.25, -0.2) is 4.39 Å². The number of aromatic nitrogens is 4. The number of amides is 2. The highest BCUT2D eigenvalue weighted by molar-refractivity contribution is 6.05. The van der Waals surface area contributed by atoms with Crippen LogP contribution in [0, 0.1) is 5.82 Å². The van der Waals surface area contributed by atoms with Crippen LogP contribution < -0.4 is 23.8 Å². The molecule has 1 fully saturated rings. The fraction of sp³-hybridized carbons (Fsp3) is 0.333. The van der Waals surface area contributed by atoms with Gasteiger partial charge in [0.25, 0.3) is 5.91 Å². The van der Waals surface area contributed by atoms with Crippen LogP contribution in [-0.4, -0.2) is 109 Å². The van der Waals surface area contributed by atoms with Crippen molar-refractivity contribution in [2.75, 3.05) is 72.6 Å². The third kappa shape index (κ3) is 6.96. The van der Waals surface area contributed by atoms with Gasteiger partial charge in [-0.1, -0.05) is 29.5 Å². The fourth-order valence-corrected chi connectivity index (χ4v) is 7.17. The predicted octanol–water partition coefficient (Wildman–Crippen LogP) is 5.27. The van der Waals surface area contributed by atoms with Gasteiger partial charge in [-0.15, -0.1) is 5.10 Å². The standard InChI is InChI=1S/C39H42FN7O6/c1-50-26-20-33(52-3)38(34(21-26)53-4)44-16-18-45(19-17-44)39(49)31-23-30-29(27-9-5-6-10-32(27)51-2)22-28(36(40)37(30)42-31)25-8-7-13-46(24-25)35(48)11-14-47-15-12-41-43-47/h5-6,8-10,12,15,20-23,42H,7,11,13-14,16-19,24H2,1-4H3. The van der Waals surface area contributed by atoms with E-state index < -0.39 is 5.82 Å². The summed E-state index contributed by atoms with van der Waals surface area (Å²) in [6.45, 7) is 3.10. The number of carbonyl (C=O) groups is 2. The molecular formula is C39H42FN7O6. The molecule has 0 bridgehead atoms. The molecule has 2 amide bonds. The Morgan fingerprint density at radius 1 is 0.830 bits per heavy atom. The molecule has 7 rings (SSSR count). The number of ether oxygens (including phenoxy) is 4. The molecule has 13 nitrogen and oxygen atoms in total. The summed E-state index contributed by atoms with van der Waals surface area (Å²) < 4.78 is 40.8. The number of nitrogens with zero attached hydrogens (tertiary/aromatic N) is 6. The zero-order valence-electron chi connectivity index (χ0n) is 30.2. The van der Waals surface area contributed by atoms with Gasteiger partial charge in [0, 0.05) is 80.5 Å². The molecule has 4 heterocycles. The van der Waals surface area contributed by atoms with Gasteiger partial charge in [0.1, 0.15) is 34.4 Å². The molecule has 2 aliphatic heterocycles. The lowest BCUT2D eigenvalue weighted by Crippen LogP contribution is -2.49. The van der Waals surface area contributed by atoms with Gasteiger partial charge in [-0.2, -0.15) is 0 Å². The number of halogens is 1. The number of rotatable bonds is 11. The molecule has 1 N–H and O–H groups in total. The zero-order valence-corrected chi connectivity index (χ0v) is 30.2. The summed E-state index contributed by atoms with van der Waals surface area (Å²) in [5.41, 5.74) is 3.82. The van der Waals surface area contributed by atoms with Gasteiger partial charge in [-0.05, 0) is 35.8 Å². The number of hydrogen-bond donors (Lipinski definition) is 1. The Bertz CT molecular complexity index is 2130. The first-order chi connectivity index (χ1) is 25.8. The maximum Gasteiger partial charge on any atom is 0.270 e. The molecule has 0 saturated carbocycles. The Morgan fingerprint density at radius 3 is 2.25 bits per heavy atom. The maximum atomic E-state index is 16.8. The molecular weight excluding hydrogens is 681 g/mol. The molecule has 0 radical (unpaired) electrons. The Kier molecular flexibility index (Phi) is 10.2. The number of hydrogen-bond acceptors (Lipinski definition) is 9. The van der Waals surface area contributed by atoms with Crippen molar-refractivity contribution < 1.29 is 32.9 Å². The SMILES string of the molecule is COc1cc(OC)c(N2CCN(C(=O)c3cc4c(-c5ccccc5OC)cc(C5=CCCN(C(=O)CCn6ccnn6)C5)c(F)c4[nH]3)CC2)c(OC)c1. The van der Waals surface area contributed by atoms with E-state index in [0.717, 1.165) is 11.3 Å². The number of aryl methyl sites for hydroxylation is 1. The number of aromatic amines is 1. The summed E-state index contributed by atoms with van der Waals surface area (Å²) in [5, 5.41) is 8.31. The van der Waals surface area contributed by atoms with Crippen LogP contribution in [-0.2, 0) is 11.3 Å². The van der Waals surface area contributed by atoms with Crippen molar-refractivity contribution in [1.29, 1.82) is 0 Å². The monoisotopic (exact) mass is 723 g/mol. The van der Waals surface area contributed by atoms with E-state index in [4.69, 9.17) is 18.9 Å². The van der Waals surface area contributed by atoms with Crippen LogP contribution in [0.15, 0.2) is 67.0 Å². The molecule has 2 aliphatic rings. The summed E-state index contributed by atoms with van der Waals surface area (Å²) in [7, 11) is 6.37. The number of benzene rings is 3. The minimum absolute atomic E-state index is 0.0470. The lowest BCUT2D eigenvalue weighted by Gasteiger charge is -2.37. The molecule has 0 spiro atoms. The van der Waals surface area contributed by atoms with Crippen LogP contribution in [0.2, 0.25) is 0 Å². The average Bonchev–Trinajstić information content (AvgIpc) is 3.91. The quantitative estimate of drug-likeness (QED) is 0.194. The molecule has 3 aromatic carbocycles. The second kappa shape index (κ2) is 15.3. The number of para-hydroxylation sites is 1. The van der Waals surface area contributed by atoms with Gasteiger partial charge < -0.3 is 38.6 Å². The molecule has 53 heavy (non-hydrogen) atoms. The lowest BCUT2D eigenvalue weighted by atomic mass is 9.93. The molecule has 276 valence electrons. The number of anilines is 1. The van der Waals surface area contributed by atoms with E-state index in [0.29, 0.717) is 90.8 Å². The first-order valence-corrected chi connectivity index (χ1v) is 17.5. The van der Waals surface area contributed by atoms with Gasteiger partial charge in [-0.3, -0.25) is 14.3 Å². The number of fused-ring (bicyclic) bond motifs is 1. The van der Waals surface area contributed by atoms with Crippen molar-refractivity contribution >= 4 is 34.0 Å². The molecule has 5 aromatic rings. The predicted molar refractivity (Wildman–Crippen MR) is 198 cm³/mol. The van der Waals surface area contributed by atoms with Gasteiger partial charge in [0.05, 0.1) is 46.7 Å². The second-order valence-corrected chi connectivity index (χ2v) is 12.9. The number of carbonyl (C=O) groups excluding carboxylic acids is 2. The summed E-state index contributed by atoms with van der Waals surface area (Å²) in [4.78, 5) is 36.1. The molecule has 0 unspecified atom stereocenters. The average molecular weight is 724 g/mol. The van der Waals surface area contributed by atoms with Crippen LogP contribution in [0.1, 0.15) is 28.9 Å². The van der Waals surface area contributed by atoms with Gasteiger partial charge in [0.15, 0.2) is 5.82 Å². The van der Waals surface area contributed by atoms with Crippen molar-refractivity contribution in [2.24, 2.45) is 0 Å². The third-order valence-electron chi connectivity index (χ3n) is 9.93. The number of H-pyrrole nitrogens is 1. The van der Waals surface area contributed by atoms with Crippen molar-refractivity contribution in [2.45, 2.75) is 19.4 Å². The first-order valence-electron chi connectivity index (χ1n) is 17.5. The van der Waals surface area contributed by atoms with Gasteiger partial charge in [0.2, 0.25) is 5.91 Å². The zero-order chi connectivity index (χ0) is 37.1. The Balaban J connectivity index is 1.18. The van der Waals surface area contributed by atoms with Gasteiger partial charge >= 0.3 is 0 Å². The Hall–Kier alpha value is -6.05. The third-order valence-corrected chi connectivity index (χ3v) is 9.93. The van der Waals surface area contributed by atoms with E-state index >= 15 is 4.39 Å². The Labute approximate surface area is 306 Å². The fourth-order valence-electron chi connectivity index (χ4n) is 7.17. The highest BCUT2D eigenvalue weighted by Crippen LogP contribution is 2.43. The van der Waals surface area contributed by atoms with Crippen molar-refractivity contribution in [1.82, 2.24) is 29.8 Å². The van der Waals surface area contributed by atoms with Crippen molar-refractivity contribution in [3.63, 3.8) is 0 Å². The van der Waals surface area contributed by atoms with E-state index in [1.165, 1.54) is 0 Å². The Morgan fingerprint density at radius 2 is 1.57 bits per heavy atom. The first kappa shape index (κ1) is 35.4. The maximum absolute atomic E-state index is 16.8. The highest BCUT2D eigenvalue weighted by atomic mass is 19.1. The largest absolute Gasteiger partial charge is 0.496 e. The lowest BCUT2D eigenvalue weighted by molar-refractivity contribution is -0.131. The normalized spacial score (nSPS) is 14.7. The van der Waals surface area contributed by atoms with E-state index in [9.17, 15) is 9.59 Å². The van der Waals surface area contributed by atoms with E-state index in [1.54, 1.807) is 67.4 Å². The van der Waals surface area contributed by atoms with Crippen LogP contribution in [0.25, 0.3) is 27.6 Å². The smallest absolute Gasteiger partial charge is 0.270 e. The van der Waals surface area contributed by atoms with Crippen LogP contribution >= 0.6 is 0 Å². The minimum atomic E-state index is -0.482. The highest BCUT2D eigenvalue weighted by Gasteiger charge is 2.30.